The Morgan fingerprint density at radius 2 is 1.39 bits per heavy atom. The fourth-order valence-corrected chi connectivity index (χ4v) is 4.43. The van der Waals surface area contributed by atoms with Gasteiger partial charge in [-0.15, -0.1) is 0 Å². The molecule has 1 aliphatic rings. The Balaban J connectivity index is 1.91. The molecule has 1 N–H and O–H groups in total. The smallest absolute Gasteiger partial charge is 0.198 e. The molecule has 0 aromatic carbocycles. The van der Waals surface area contributed by atoms with Crippen LogP contribution in [0.5, 0.6) is 0 Å². The number of hydrogen-bond acceptors (Lipinski definition) is 2. The van der Waals surface area contributed by atoms with Gasteiger partial charge in [-0.3, -0.25) is 4.48 Å². The lowest BCUT2D eigenvalue weighted by atomic mass is 10.1. The average molecular weight is 394 g/mol. The van der Waals surface area contributed by atoms with Gasteiger partial charge < -0.3 is 5.11 Å². The molecule has 1 unspecified atom stereocenters. The average Bonchev–Trinajstić information content (AvgIpc) is 3.11. The number of quaternary nitrogens is 1. The van der Waals surface area contributed by atoms with Crippen molar-refractivity contribution >= 4 is 5.84 Å². The Bertz CT molecular complexity index is 419. The molecule has 3 nitrogen and oxygen atoms in total. The van der Waals surface area contributed by atoms with E-state index in [1.807, 2.05) is 0 Å². The normalized spacial score (nSPS) is 19.6. The van der Waals surface area contributed by atoms with E-state index in [2.05, 4.69) is 26.0 Å². The summed E-state index contributed by atoms with van der Waals surface area (Å²) in [7, 11) is 0. The first-order chi connectivity index (χ1) is 13.8. The largest absolute Gasteiger partial charge is 0.390 e. The monoisotopic (exact) mass is 393 g/mol. The molecule has 0 radical (unpaired) electrons. The van der Waals surface area contributed by atoms with Crippen LogP contribution in [-0.4, -0.2) is 48.2 Å². The Kier molecular flexibility index (Phi) is 15.6. The summed E-state index contributed by atoms with van der Waals surface area (Å²) >= 11 is 0. The van der Waals surface area contributed by atoms with Gasteiger partial charge in [0.15, 0.2) is 5.84 Å². The maximum absolute atomic E-state index is 9.38. The lowest BCUT2D eigenvalue weighted by Crippen LogP contribution is -2.52. The molecule has 0 fully saturated rings. The zero-order valence-electron chi connectivity index (χ0n) is 19.1. The van der Waals surface area contributed by atoms with Crippen molar-refractivity contribution in [2.24, 2.45) is 4.99 Å². The second-order valence-electron chi connectivity index (χ2n) is 8.62. The van der Waals surface area contributed by atoms with Crippen LogP contribution in [0.3, 0.4) is 0 Å². The SMILES string of the molecule is CCCCCCCCC/C=C/CCCCCCCC1=NCC[N+]1(CC)CCO. The van der Waals surface area contributed by atoms with Crippen LogP contribution >= 0.6 is 0 Å². The summed E-state index contributed by atoms with van der Waals surface area (Å²) in [6.45, 7) is 8.76. The number of likely N-dealkylation sites (N-methyl/N-ethyl adjacent to an activating group) is 1. The Morgan fingerprint density at radius 3 is 1.96 bits per heavy atom. The highest BCUT2D eigenvalue weighted by molar-refractivity contribution is 5.76. The second kappa shape index (κ2) is 17.2. The van der Waals surface area contributed by atoms with Crippen molar-refractivity contribution in [3.63, 3.8) is 0 Å². The van der Waals surface area contributed by atoms with Crippen molar-refractivity contribution < 1.29 is 9.59 Å². The van der Waals surface area contributed by atoms with Crippen LogP contribution in [0.2, 0.25) is 0 Å². The molecule has 1 heterocycles. The lowest BCUT2D eigenvalue weighted by Gasteiger charge is -2.33. The van der Waals surface area contributed by atoms with Crippen LogP contribution in [0.1, 0.15) is 110 Å². The van der Waals surface area contributed by atoms with Gasteiger partial charge in [0.05, 0.1) is 19.7 Å². The van der Waals surface area contributed by atoms with Crippen LogP contribution in [-0.2, 0) is 0 Å². The molecule has 0 spiro atoms. The summed E-state index contributed by atoms with van der Waals surface area (Å²) in [6.07, 6.45) is 25.0. The number of rotatable bonds is 19. The molecule has 0 saturated heterocycles. The number of nitrogens with zero attached hydrogens (tertiary/aromatic N) is 2. The number of aliphatic imine (C=N–C) groups is 1. The Hall–Kier alpha value is -0.670. The number of aliphatic hydroxyl groups excluding tert-OH is 1. The topological polar surface area (TPSA) is 32.6 Å². The van der Waals surface area contributed by atoms with E-state index < -0.39 is 0 Å². The molecule has 0 aromatic heterocycles. The van der Waals surface area contributed by atoms with Crippen molar-refractivity contribution in [1.29, 1.82) is 0 Å². The molecule has 0 amide bonds. The van der Waals surface area contributed by atoms with E-state index in [-0.39, 0.29) is 6.61 Å². The highest BCUT2D eigenvalue weighted by Gasteiger charge is 2.35. The van der Waals surface area contributed by atoms with Crippen molar-refractivity contribution in [1.82, 2.24) is 0 Å². The Morgan fingerprint density at radius 1 is 0.821 bits per heavy atom. The lowest BCUT2D eigenvalue weighted by molar-refractivity contribution is -0.835. The third-order valence-corrected chi connectivity index (χ3v) is 6.42. The Labute approximate surface area is 175 Å². The summed E-state index contributed by atoms with van der Waals surface area (Å²) in [6, 6.07) is 0. The molecule has 0 aromatic rings. The van der Waals surface area contributed by atoms with Crippen molar-refractivity contribution in [2.75, 3.05) is 32.8 Å². The standard InChI is InChI=1S/C25H49N2O/c1-3-5-6-7-8-9-10-11-12-13-14-15-16-17-18-19-20-25-26-21-22-27(25,4-2)23-24-28/h12-13,28H,3-11,14-24H2,1-2H3/q+1/b13-12+. The molecule has 28 heavy (non-hydrogen) atoms. The summed E-state index contributed by atoms with van der Waals surface area (Å²) in [5, 5.41) is 9.38. The fraction of sp³-hybridized carbons (Fsp3) is 0.880. The zero-order chi connectivity index (χ0) is 20.3. The van der Waals surface area contributed by atoms with Gasteiger partial charge >= 0.3 is 0 Å². The van der Waals surface area contributed by atoms with Crippen LogP contribution < -0.4 is 0 Å². The highest BCUT2D eigenvalue weighted by atomic mass is 16.3. The van der Waals surface area contributed by atoms with Gasteiger partial charge in [0.1, 0.15) is 13.1 Å². The minimum atomic E-state index is 0.277. The second-order valence-corrected chi connectivity index (χ2v) is 8.62. The van der Waals surface area contributed by atoms with E-state index >= 15 is 0 Å². The highest BCUT2D eigenvalue weighted by Crippen LogP contribution is 2.20. The first-order valence-electron chi connectivity index (χ1n) is 12.4. The van der Waals surface area contributed by atoms with Gasteiger partial charge in [-0.25, -0.2) is 4.99 Å². The predicted molar refractivity (Wildman–Crippen MR) is 124 cm³/mol. The van der Waals surface area contributed by atoms with Crippen LogP contribution in [0.25, 0.3) is 0 Å². The predicted octanol–water partition coefficient (Wildman–Crippen LogP) is 6.66. The number of allylic oxidation sites excluding steroid dienone is 2. The van der Waals surface area contributed by atoms with E-state index in [0.717, 1.165) is 37.1 Å². The summed E-state index contributed by atoms with van der Waals surface area (Å²) in [5.74, 6) is 1.35. The number of unbranched alkanes of at least 4 members (excludes halogenated alkanes) is 12. The molecule has 0 bridgehead atoms. The fourth-order valence-electron chi connectivity index (χ4n) is 4.43. The molecule has 1 rings (SSSR count). The van der Waals surface area contributed by atoms with Gasteiger partial charge in [-0.1, -0.05) is 76.9 Å². The molecule has 164 valence electrons. The first-order valence-corrected chi connectivity index (χ1v) is 12.4. The van der Waals surface area contributed by atoms with Crippen LogP contribution in [0.4, 0.5) is 0 Å². The van der Waals surface area contributed by atoms with E-state index in [1.165, 1.54) is 95.7 Å². The third kappa shape index (κ3) is 10.8. The molecule has 3 heteroatoms. The van der Waals surface area contributed by atoms with Gasteiger partial charge in [0.2, 0.25) is 0 Å². The first kappa shape index (κ1) is 25.4. The van der Waals surface area contributed by atoms with Crippen LogP contribution in [0, 0.1) is 0 Å². The number of hydrogen-bond donors (Lipinski definition) is 1. The maximum Gasteiger partial charge on any atom is 0.198 e. The number of aliphatic hydroxyl groups is 1. The molecule has 0 aliphatic carbocycles. The molecular formula is C25H49N2O+. The van der Waals surface area contributed by atoms with E-state index in [4.69, 9.17) is 4.99 Å². The summed E-state index contributed by atoms with van der Waals surface area (Å²) in [4.78, 5) is 4.75. The third-order valence-electron chi connectivity index (χ3n) is 6.42. The van der Waals surface area contributed by atoms with Crippen molar-refractivity contribution in [2.45, 2.75) is 110 Å². The summed E-state index contributed by atoms with van der Waals surface area (Å²) in [5.41, 5.74) is 0. The molecule has 1 aliphatic heterocycles. The number of amidine groups is 1. The quantitative estimate of drug-likeness (QED) is 0.149. The molecular weight excluding hydrogens is 344 g/mol. The van der Waals surface area contributed by atoms with Gasteiger partial charge in [-0.05, 0) is 39.0 Å². The zero-order valence-corrected chi connectivity index (χ0v) is 19.1. The van der Waals surface area contributed by atoms with E-state index in [9.17, 15) is 5.11 Å². The van der Waals surface area contributed by atoms with Gasteiger partial charge in [0.25, 0.3) is 0 Å². The maximum atomic E-state index is 9.38. The van der Waals surface area contributed by atoms with E-state index in [0.29, 0.717) is 0 Å². The van der Waals surface area contributed by atoms with Gasteiger partial charge in [-0.2, -0.15) is 0 Å². The molecule has 1 atom stereocenters. The van der Waals surface area contributed by atoms with Crippen molar-refractivity contribution in [3.8, 4) is 0 Å². The van der Waals surface area contributed by atoms with Crippen LogP contribution in [0.15, 0.2) is 17.1 Å². The van der Waals surface area contributed by atoms with E-state index in [1.54, 1.807) is 0 Å². The van der Waals surface area contributed by atoms with Crippen molar-refractivity contribution in [3.05, 3.63) is 12.2 Å². The minimum Gasteiger partial charge on any atom is -0.390 e. The summed E-state index contributed by atoms with van der Waals surface area (Å²) < 4.78 is 0.944. The van der Waals surface area contributed by atoms with Gasteiger partial charge in [0, 0.05) is 6.42 Å². The molecule has 0 saturated carbocycles. The minimum absolute atomic E-state index is 0.277.